The normalized spacial score (nSPS) is 10.2. The van der Waals surface area contributed by atoms with Gasteiger partial charge in [0.2, 0.25) is 0 Å². The molecule has 0 bridgehead atoms. The molecule has 3 nitrogen and oxygen atoms in total. The molecule has 0 aromatic heterocycles. The molecular weight excluding hydrogens is 214 g/mol. The largest absolute Gasteiger partial charge is 0.494 e. The van der Waals surface area contributed by atoms with Gasteiger partial charge in [0, 0.05) is 18.6 Å². The maximum Gasteiger partial charge on any atom is 0.145 e. The van der Waals surface area contributed by atoms with Gasteiger partial charge in [-0.25, -0.2) is 0 Å². The summed E-state index contributed by atoms with van der Waals surface area (Å²) in [7, 11) is 3.52. The molecular formula is C11H16ClNO2. The fraction of sp³-hybridized carbons (Fsp3) is 0.455. The SMILES string of the molecule is COc1c(C)cc(Cl)cc1N(C)CCO. The van der Waals surface area contributed by atoms with Crippen molar-refractivity contribution in [1.29, 1.82) is 0 Å². The summed E-state index contributed by atoms with van der Waals surface area (Å²) in [5.41, 5.74) is 1.89. The first kappa shape index (κ1) is 12.1. The van der Waals surface area contributed by atoms with Gasteiger partial charge in [-0.2, -0.15) is 0 Å². The Kier molecular flexibility index (Phi) is 4.24. The fourth-order valence-electron chi connectivity index (χ4n) is 1.53. The van der Waals surface area contributed by atoms with Crippen molar-refractivity contribution in [2.45, 2.75) is 6.92 Å². The molecule has 15 heavy (non-hydrogen) atoms. The number of anilines is 1. The van der Waals surface area contributed by atoms with E-state index in [2.05, 4.69) is 0 Å². The number of aliphatic hydroxyl groups excluding tert-OH is 1. The molecule has 0 aliphatic rings. The number of likely N-dealkylation sites (N-methyl/N-ethyl adjacent to an activating group) is 1. The fourth-order valence-corrected chi connectivity index (χ4v) is 1.80. The maximum atomic E-state index is 8.88. The van der Waals surface area contributed by atoms with E-state index in [1.165, 1.54) is 0 Å². The highest BCUT2D eigenvalue weighted by Gasteiger charge is 2.11. The Balaban J connectivity index is 3.13. The summed E-state index contributed by atoms with van der Waals surface area (Å²) in [6.07, 6.45) is 0. The van der Waals surface area contributed by atoms with Crippen LogP contribution in [0.3, 0.4) is 0 Å². The highest BCUT2D eigenvalue weighted by molar-refractivity contribution is 6.31. The molecule has 0 unspecified atom stereocenters. The zero-order valence-electron chi connectivity index (χ0n) is 9.25. The van der Waals surface area contributed by atoms with E-state index in [0.717, 1.165) is 17.0 Å². The topological polar surface area (TPSA) is 32.7 Å². The number of ether oxygens (including phenoxy) is 1. The lowest BCUT2D eigenvalue weighted by atomic mass is 10.2. The molecule has 0 saturated carbocycles. The van der Waals surface area contributed by atoms with Crippen molar-refractivity contribution in [1.82, 2.24) is 0 Å². The van der Waals surface area contributed by atoms with Crippen LogP contribution in [0.15, 0.2) is 12.1 Å². The first-order valence-corrected chi connectivity index (χ1v) is 5.14. The van der Waals surface area contributed by atoms with Crippen molar-refractivity contribution in [3.8, 4) is 5.75 Å². The molecule has 0 amide bonds. The Morgan fingerprint density at radius 1 is 1.47 bits per heavy atom. The molecule has 1 aromatic carbocycles. The predicted octanol–water partition coefficient (Wildman–Crippen LogP) is 2.09. The lowest BCUT2D eigenvalue weighted by Crippen LogP contribution is -2.21. The number of rotatable bonds is 4. The molecule has 84 valence electrons. The van der Waals surface area contributed by atoms with E-state index in [4.69, 9.17) is 21.4 Å². The maximum absolute atomic E-state index is 8.88. The second-order valence-electron chi connectivity index (χ2n) is 3.42. The first-order chi connectivity index (χ1) is 7.10. The number of aliphatic hydroxyl groups is 1. The van der Waals surface area contributed by atoms with Crippen LogP contribution in [0.1, 0.15) is 5.56 Å². The first-order valence-electron chi connectivity index (χ1n) is 4.76. The molecule has 0 aliphatic carbocycles. The number of hydrogen-bond acceptors (Lipinski definition) is 3. The van der Waals surface area contributed by atoms with Gasteiger partial charge in [0.25, 0.3) is 0 Å². The summed E-state index contributed by atoms with van der Waals surface area (Å²) in [6.45, 7) is 2.60. The van der Waals surface area contributed by atoms with Crippen LogP contribution < -0.4 is 9.64 Å². The molecule has 0 aliphatic heterocycles. The Bertz CT molecular complexity index is 342. The molecule has 0 spiro atoms. The summed E-state index contributed by atoms with van der Waals surface area (Å²) in [4.78, 5) is 1.91. The number of hydrogen-bond donors (Lipinski definition) is 1. The van der Waals surface area contributed by atoms with E-state index in [1.54, 1.807) is 7.11 Å². The molecule has 0 fully saturated rings. The minimum atomic E-state index is 0.102. The van der Waals surface area contributed by atoms with Crippen molar-refractivity contribution in [2.24, 2.45) is 0 Å². The van der Waals surface area contributed by atoms with E-state index in [1.807, 2.05) is 31.0 Å². The molecule has 0 radical (unpaired) electrons. The Morgan fingerprint density at radius 3 is 2.67 bits per heavy atom. The molecule has 1 N–H and O–H groups in total. The monoisotopic (exact) mass is 229 g/mol. The second-order valence-corrected chi connectivity index (χ2v) is 3.86. The summed E-state index contributed by atoms with van der Waals surface area (Å²) >= 11 is 5.98. The highest BCUT2D eigenvalue weighted by atomic mass is 35.5. The van der Waals surface area contributed by atoms with Gasteiger partial charge < -0.3 is 14.7 Å². The van der Waals surface area contributed by atoms with Crippen LogP contribution >= 0.6 is 11.6 Å². The Labute approximate surface area is 95.2 Å². The number of aryl methyl sites for hydroxylation is 1. The van der Waals surface area contributed by atoms with Gasteiger partial charge in [-0.1, -0.05) is 11.6 Å². The van der Waals surface area contributed by atoms with Crippen LogP contribution in [-0.2, 0) is 0 Å². The van der Waals surface area contributed by atoms with Gasteiger partial charge in [-0.05, 0) is 24.6 Å². The Morgan fingerprint density at radius 2 is 2.13 bits per heavy atom. The molecule has 1 rings (SSSR count). The third kappa shape index (κ3) is 2.76. The number of nitrogens with zero attached hydrogens (tertiary/aromatic N) is 1. The lowest BCUT2D eigenvalue weighted by Gasteiger charge is -2.22. The summed E-state index contributed by atoms with van der Waals surface area (Å²) in [6, 6.07) is 3.69. The third-order valence-corrected chi connectivity index (χ3v) is 2.49. The average Bonchev–Trinajstić information content (AvgIpc) is 2.17. The van der Waals surface area contributed by atoms with Crippen LogP contribution in [0.4, 0.5) is 5.69 Å². The van der Waals surface area contributed by atoms with Gasteiger partial charge >= 0.3 is 0 Å². The minimum Gasteiger partial charge on any atom is -0.494 e. The van der Waals surface area contributed by atoms with Crippen LogP contribution in [0.5, 0.6) is 5.75 Å². The zero-order chi connectivity index (χ0) is 11.4. The van der Waals surface area contributed by atoms with Crippen LogP contribution in [-0.4, -0.2) is 32.4 Å². The van der Waals surface area contributed by atoms with Crippen molar-refractivity contribution in [2.75, 3.05) is 32.2 Å². The Hall–Kier alpha value is -0.930. The van der Waals surface area contributed by atoms with E-state index in [0.29, 0.717) is 11.6 Å². The summed E-state index contributed by atoms with van der Waals surface area (Å²) in [5, 5.41) is 9.56. The lowest BCUT2D eigenvalue weighted by molar-refractivity contribution is 0.303. The number of halogens is 1. The predicted molar refractivity (Wildman–Crippen MR) is 63.1 cm³/mol. The molecule has 0 heterocycles. The third-order valence-electron chi connectivity index (χ3n) is 2.27. The second kappa shape index (κ2) is 5.24. The van der Waals surface area contributed by atoms with E-state index in [9.17, 15) is 0 Å². The highest BCUT2D eigenvalue weighted by Crippen LogP contribution is 2.34. The van der Waals surface area contributed by atoms with Crippen molar-refractivity contribution >= 4 is 17.3 Å². The quantitative estimate of drug-likeness (QED) is 0.858. The zero-order valence-corrected chi connectivity index (χ0v) is 10.0. The molecule has 4 heteroatoms. The van der Waals surface area contributed by atoms with E-state index in [-0.39, 0.29) is 6.61 Å². The van der Waals surface area contributed by atoms with Crippen molar-refractivity contribution in [3.63, 3.8) is 0 Å². The van der Waals surface area contributed by atoms with E-state index >= 15 is 0 Å². The van der Waals surface area contributed by atoms with Gasteiger partial charge in [-0.3, -0.25) is 0 Å². The number of methoxy groups -OCH3 is 1. The number of benzene rings is 1. The van der Waals surface area contributed by atoms with E-state index < -0.39 is 0 Å². The smallest absolute Gasteiger partial charge is 0.145 e. The van der Waals surface area contributed by atoms with Gasteiger partial charge in [0.15, 0.2) is 0 Å². The van der Waals surface area contributed by atoms with Gasteiger partial charge in [0.1, 0.15) is 5.75 Å². The molecule has 1 aromatic rings. The van der Waals surface area contributed by atoms with Gasteiger partial charge in [-0.15, -0.1) is 0 Å². The van der Waals surface area contributed by atoms with Crippen LogP contribution in [0.2, 0.25) is 5.02 Å². The standard InChI is InChI=1S/C11H16ClNO2/c1-8-6-9(12)7-10(11(8)15-3)13(2)4-5-14/h6-7,14H,4-5H2,1-3H3. The summed E-state index contributed by atoms with van der Waals surface area (Å²) in [5.74, 6) is 0.801. The van der Waals surface area contributed by atoms with Crippen LogP contribution in [0.25, 0.3) is 0 Å². The van der Waals surface area contributed by atoms with Gasteiger partial charge in [0.05, 0.1) is 19.4 Å². The molecule has 0 saturated heterocycles. The van der Waals surface area contributed by atoms with Crippen molar-refractivity contribution in [3.05, 3.63) is 22.7 Å². The molecule has 0 atom stereocenters. The van der Waals surface area contributed by atoms with Crippen LogP contribution in [0, 0.1) is 6.92 Å². The minimum absolute atomic E-state index is 0.102. The van der Waals surface area contributed by atoms with Crippen molar-refractivity contribution < 1.29 is 9.84 Å². The summed E-state index contributed by atoms with van der Waals surface area (Å²) < 4.78 is 5.32. The average molecular weight is 230 g/mol.